The van der Waals surface area contributed by atoms with Gasteiger partial charge in [0.2, 0.25) is 0 Å². The molecule has 0 aliphatic carbocycles. The summed E-state index contributed by atoms with van der Waals surface area (Å²) < 4.78 is 6.04. The van der Waals surface area contributed by atoms with Crippen LogP contribution in [0.5, 0.6) is 0 Å². The third-order valence-corrected chi connectivity index (χ3v) is 3.83. The minimum Gasteiger partial charge on any atom is -0.389 e. The van der Waals surface area contributed by atoms with Gasteiger partial charge in [0.15, 0.2) is 0 Å². The van der Waals surface area contributed by atoms with Crippen molar-refractivity contribution >= 4 is 22.9 Å². The van der Waals surface area contributed by atoms with Gasteiger partial charge in [0.1, 0.15) is 4.99 Å². The fourth-order valence-electron chi connectivity index (χ4n) is 2.62. The number of nitrogens with two attached hydrogens (primary N) is 1. The van der Waals surface area contributed by atoms with Crippen molar-refractivity contribution < 1.29 is 4.74 Å². The van der Waals surface area contributed by atoms with E-state index in [-0.39, 0.29) is 11.7 Å². The maximum Gasteiger partial charge on any atom is 0.106 e. The first-order valence-electron chi connectivity index (χ1n) is 6.67. The van der Waals surface area contributed by atoms with Gasteiger partial charge in [0, 0.05) is 24.8 Å². The zero-order chi connectivity index (χ0) is 14.0. The van der Waals surface area contributed by atoms with Crippen molar-refractivity contribution in [2.45, 2.75) is 38.4 Å². The zero-order valence-electron chi connectivity index (χ0n) is 11.8. The number of thiocarbonyl (C=S) groups is 1. The summed E-state index contributed by atoms with van der Waals surface area (Å²) in [7, 11) is 2.06. The Labute approximate surface area is 120 Å². The van der Waals surface area contributed by atoms with Gasteiger partial charge >= 0.3 is 0 Å². The molecule has 0 saturated carbocycles. The Morgan fingerprint density at radius 1 is 1.47 bits per heavy atom. The van der Waals surface area contributed by atoms with Crippen LogP contribution < -0.4 is 10.6 Å². The molecule has 1 atom stereocenters. The molecule has 0 radical (unpaired) electrons. The van der Waals surface area contributed by atoms with Crippen LogP contribution in [0.15, 0.2) is 24.3 Å². The molecule has 3 nitrogen and oxygen atoms in total. The highest BCUT2D eigenvalue weighted by atomic mass is 32.1. The SMILES string of the molecule is CN(CC1CCC(C)(C)O1)c1ccccc1C(N)=S. The van der Waals surface area contributed by atoms with Crippen LogP contribution in [0.3, 0.4) is 0 Å². The van der Waals surface area contributed by atoms with Gasteiger partial charge in [-0.1, -0.05) is 24.4 Å². The molecule has 1 aromatic rings. The first-order chi connectivity index (χ1) is 8.89. The van der Waals surface area contributed by atoms with Crippen LogP contribution in [0, 0.1) is 0 Å². The van der Waals surface area contributed by atoms with E-state index in [1.54, 1.807) is 0 Å². The summed E-state index contributed by atoms with van der Waals surface area (Å²) in [5.74, 6) is 0. The van der Waals surface area contributed by atoms with E-state index in [1.807, 2.05) is 18.2 Å². The lowest BCUT2D eigenvalue weighted by Gasteiger charge is -2.26. The lowest BCUT2D eigenvalue weighted by Crippen LogP contribution is -2.32. The third kappa shape index (κ3) is 3.45. The van der Waals surface area contributed by atoms with Crippen molar-refractivity contribution in [3.8, 4) is 0 Å². The predicted octanol–water partition coefficient (Wildman–Crippen LogP) is 2.71. The quantitative estimate of drug-likeness (QED) is 0.860. The lowest BCUT2D eigenvalue weighted by molar-refractivity contribution is -0.0111. The highest BCUT2D eigenvalue weighted by Crippen LogP contribution is 2.30. The highest BCUT2D eigenvalue weighted by molar-refractivity contribution is 7.80. The smallest absolute Gasteiger partial charge is 0.106 e. The Morgan fingerprint density at radius 2 is 2.16 bits per heavy atom. The first kappa shape index (κ1) is 14.3. The minimum atomic E-state index is 0.00813. The Kier molecular flexibility index (Phi) is 4.11. The van der Waals surface area contributed by atoms with Crippen LogP contribution in [0.25, 0.3) is 0 Å². The number of nitrogens with zero attached hydrogens (tertiary/aromatic N) is 1. The van der Waals surface area contributed by atoms with Crippen LogP contribution in [-0.4, -0.2) is 30.3 Å². The van der Waals surface area contributed by atoms with Gasteiger partial charge < -0.3 is 15.4 Å². The fraction of sp³-hybridized carbons (Fsp3) is 0.533. The molecule has 1 aliphatic heterocycles. The molecule has 1 saturated heterocycles. The van der Waals surface area contributed by atoms with Crippen LogP contribution in [-0.2, 0) is 4.74 Å². The van der Waals surface area contributed by atoms with Crippen molar-refractivity contribution in [2.75, 3.05) is 18.5 Å². The molecular weight excluding hydrogens is 256 g/mol. The number of benzene rings is 1. The van der Waals surface area contributed by atoms with Crippen molar-refractivity contribution in [2.24, 2.45) is 5.73 Å². The average Bonchev–Trinajstić information content (AvgIpc) is 2.68. The number of hydrogen-bond acceptors (Lipinski definition) is 3. The van der Waals surface area contributed by atoms with Gasteiger partial charge in [-0.05, 0) is 38.8 Å². The summed E-state index contributed by atoms with van der Waals surface area (Å²) in [4.78, 5) is 2.62. The molecule has 0 amide bonds. The second kappa shape index (κ2) is 5.47. The number of hydrogen-bond donors (Lipinski definition) is 1. The summed E-state index contributed by atoms with van der Waals surface area (Å²) in [5, 5.41) is 0. The minimum absolute atomic E-state index is 0.00813. The molecule has 0 bridgehead atoms. The maximum atomic E-state index is 6.04. The van der Waals surface area contributed by atoms with Gasteiger partial charge in [0.05, 0.1) is 11.7 Å². The van der Waals surface area contributed by atoms with Gasteiger partial charge in [-0.3, -0.25) is 0 Å². The summed E-state index contributed by atoms with van der Waals surface area (Å²) in [6, 6.07) is 7.98. The molecule has 1 unspecified atom stereocenters. The van der Waals surface area contributed by atoms with Gasteiger partial charge in [-0.25, -0.2) is 0 Å². The van der Waals surface area contributed by atoms with Gasteiger partial charge in [-0.2, -0.15) is 0 Å². The molecule has 1 heterocycles. The Hall–Kier alpha value is -1.13. The molecule has 4 heteroatoms. The normalized spacial score (nSPS) is 21.3. The van der Waals surface area contributed by atoms with E-state index in [4.69, 9.17) is 22.7 Å². The number of rotatable bonds is 4. The van der Waals surface area contributed by atoms with E-state index in [0.29, 0.717) is 4.99 Å². The van der Waals surface area contributed by atoms with E-state index >= 15 is 0 Å². The van der Waals surface area contributed by atoms with Crippen molar-refractivity contribution in [1.29, 1.82) is 0 Å². The molecule has 0 spiro atoms. The lowest BCUT2D eigenvalue weighted by atomic mass is 10.1. The number of para-hydroxylation sites is 1. The zero-order valence-corrected chi connectivity index (χ0v) is 12.7. The molecule has 2 N–H and O–H groups in total. The largest absolute Gasteiger partial charge is 0.389 e. The van der Waals surface area contributed by atoms with Crippen LogP contribution in [0.2, 0.25) is 0 Å². The second-order valence-corrected chi connectivity index (χ2v) is 6.24. The Balaban J connectivity index is 2.08. The van der Waals surface area contributed by atoms with Crippen molar-refractivity contribution in [3.05, 3.63) is 29.8 Å². The van der Waals surface area contributed by atoms with E-state index < -0.39 is 0 Å². The number of likely N-dealkylation sites (N-methyl/N-ethyl adjacent to an activating group) is 1. The number of anilines is 1. The van der Waals surface area contributed by atoms with E-state index in [2.05, 4.69) is 31.9 Å². The topological polar surface area (TPSA) is 38.5 Å². The van der Waals surface area contributed by atoms with E-state index in [0.717, 1.165) is 30.6 Å². The standard InChI is InChI=1S/C15H22N2OS/c1-15(2)9-8-11(18-15)10-17(3)13-7-5-4-6-12(13)14(16)19/h4-7,11H,8-10H2,1-3H3,(H2,16,19). The Morgan fingerprint density at radius 3 is 2.74 bits per heavy atom. The average molecular weight is 278 g/mol. The maximum absolute atomic E-state index is 6.04. The highest BCUT2D eigenvalue weighted by Gasteiger charge is 2.32. The van der Waals surface area contributed by atoms with E-state index in [1.165, 1.54) is 0 Å². The molecular formula is C15H22N2OS. The molecule has 1 aliphatic rings. The third-order valence-electron chi connectivity index (χ3n) is 3.61. The molecule has 2 rings (SSSR count). The monoisotopic (exact) mass is 278 g/mol. The molecule has 1 aromatic carbocycles. The fourth-order valence-corrected chi connectivity index (χ4v) is 2.80. The second-order valence-electron chi connectivity index (χ2n) is 5.80. The van der Waals surface area contributed by atoms with Crippen molar-refractivity contribution in [1.82, 2.24) is 0 Å². The van der Waals surface area contributed by atoms with Crippen LogP contribution >= 0.6 is 12.2 Å². The van der Waals surface area contributed by atoms with Crippen LogP contribution in [0.1, 0.15) is 32.3 Å². The molecule has 1 fully saturated rings. The summed E-state index contributed by atoms with van der Waals surface area (Å²) in [5.41, 5.74) is 7.79. The molecule has 19 heavy (non-hydrogen) atoms. The van der Waals surface area contributed by atoms with E-state index in [9.17, 15) is 0 Å². The summed E-state index contributed by atoms with van der Waals surface area (Å²) in [6.45, 7) is 5.16. The van der Waals surface area contributed by atoms with Crippen molar-refractivity contribution in [3.63, 3.8) is 0 Å². The molecule has 104 valence electrons. The summed E-state index contributed by atoms with van der Waals surface area (Å²) >= 11 is 5.11. The summed E-state index contributed by atoms with van der Waals surface area (Å²) in [6.07, 6.45) is 2.49. The van der Waals surface area contributed by atoms with Gasteiger partial charge in [0.25, 0.3) is 0 Å². The Bertz CT molecular complexity index is 473. The number of ether oxygens (including phenoxy) is 1. The first-order valence-corrected chi connectivity index (χ1v) is 7.08. The predicted molar refractivity (Wildman–Crippen MR) is 83.8 cm³/mol. The van der Waals surface area contributed by atoms with Crippen LogP contribution in [0.4, 0.5) is 5.69 Å². The van der Waals surface area contributed by atoms with Gasteiger partial charge in [-0.15, -0.1) is 0 Å². The molecule has 0 aromatic heterocycles.